The molecule has 0 saturated heterocycles. The highest BCUT2D eigenvalue weighted by Crippen LogP contribution is 2.17. The van der Waals surface area contributed by atoms with E-state index in [1.807, 2.05) is 24.3 Å². The summed E-state index contributed by atoms with van der Waals surface area (Å²) >= 11 is 5.40. The number of carbonyl (C=O) groups excluding carboxylic acids is 1. The molecule has 2 rings (SSSR count). The summed E-state index contributed by atoms with van der Waals surface area (Å²) in [6, 6.07) is 17.4. The highest BCUT2D eigenvalue weighted by molar-refractivity contribution is 7.80. The van der Waals surface area contributed by atoms with Crippen molar-refractivity contribution in [2.75, 3.05) is 11.9 Å². The number of esters is 1. The molecule has 0 saturated carbocycles. The molecule has 1 unspecified atom stereocenters. The zero-order valence-electron chi connectivity index (χ0n) is 13.9. The zero-order chi connectivity index (χ0) is 17.4. The van der Waals surface area contributed by atoms with Crippen LogP contribution in [0.2, 0.25) is 0 Å². The van der Waals surface area contributed by atoms with Gasteiger partial charge in [-0.2, -0.15) is 0 Å². The molecule has 0 amide bonds. The molecule has 0 aromatic heterocycles. The van der Waals surface area contributed by atoms with Crippen LogP contribution in [-0.4, -0.2) is 17.7 Å². The van der Waals surface area contributed by atoms with Crippen molar-refractivity contribution in [2.45, 2.75) is 26.3 Å². The van der Waals surface area contributed by atoms with Crippen molar-refractivity contribution in [3.63, 3.8) is 0 Å². The lowest BCUT2D eigenvalue weighted by Gasteiger charge is -2.20. The number of benzene rings is 2. The van der Waals surface area contributed by atoms with E-state index in [9.17, 15) is 4.79 Å². The van der Waals surface area contributed by atoms with Gasteiger partial charge in [-0.1, -0.05) is 43.3 Å². The molecular formula is C19H22N2O2S. The monoisotopic (exact) mass is 342 g/mol. The number of hydrogen-bond acceptors (Lipinski definition) is 3. The predicted octanol–water partition coefficient (Wildman–Crippen LogP) is 4.30. The van der Waals surface area contributed by atoms with Crippen molar-refractivity contribution in [3.8, 4) is 0 Å². The van der Waals surface area contributed by atoms with Crippen LogP contribution in [0.25, 0.3) is 0 Å². The summed E-state index contributed by atoms with van der Waals surface area (Å²) in [6.07, 6.45) is 0.911. The largest absolute Gasteiger partial charge is 0.462 e. The van der Waals surface area contributed by atoms with Gasteiger partial charge in [-0.3, -0.25) is 0 Å². The van der Waals surface area contributed by atoms with Crippen LogP contribution in [0.5, 0.6) is 0 Å². The first kappa shape index (κ1) is 17.9. The van der Waals surface area contributed by atoms with E-state index in [0.29, 0.717) is 17.3 Å². The molecule has 0 radical (unpaired) electrons. The molecule has 24 heavy (non-hydrogen) atoms. The van der Waals surface area contributed by atoms with Crippen molar-refractivity contribution in [2.24, 2.45) is 0 Å². The Kier molecular flexibility index (Phi) is 6.75. The average molecular weight is 342 g/mol. The standard InChI is InChI=1S/C19H22N2O2S/c1-3-17(14-9-6-5-7-10-14)21-19(24)20-16-12-8-11-15(13-16)18(22)23-4-2/h5-13,17H,3-4H2,1-2H3,(H2,20,21,24). The van der Waals surface area contributed by atoms with Crippen molar-refractivity contribution < 1.29 is 9.53 Å². The van der Waals surface area contributed by atoms with E-state index >= 15 is 0 Å². The van der Waals surface area contributed by atoms with Crippen molar-refractivity contribution >= 4 is 29.0 Å². The Balaban J connectivity index is 2.01. The molecule has 0 aliphatic carbocycles. The molecular weight excluding hydrogens is 320 g/mol. The number of nitrogens with one attached hydrogen (secondary N) is 2. The third-order valence-electron chi connectivity index (χ3n) is 3.55. The van der Waals surface area contributed by atoms with Gasteiger partial charge < -0.3 is 15.4 Å². The van der Waals surface area contributed by atoms with Gasteiger partial charge in [0.05, 0.1) is 18.2 Å². The SMILES string of the molecule is CCOC(=O)c1cccc(NC(=S)NC(CC)c2ccccc2)c1. The highest BCUT2D eigenvalue weighted by atomic mass is 32.1. The first-order chi connectivity index (χ1) is 11.6. The minimum Gasteiger partial charge on any atom is -0.462 e. The number of thiocarbonyl (C=S) groups is 1. The highest BCUT2D eigenvalue weighted by Gasteiger charge is 2.11. The van der Waals surface area contributed by atoms with Gasteiger partial charge in [-0.05, 0) is 49.3 Å². The number of carbonyl (C=O) groups is 1. The van der Waals surface area contributed by atoms with Crippen molar-refractivity contribution in [1.29, 1.82) is 0 Å². The third kappa shape index (κ3) is 5.06. The first-order valence-electron chi connectivity index (χ1n) is 8.03. The molecule has 4 nitrogen and oxygen atoms in total. The zero-order valence-corrected chi connectivity index (χ0v) is 14.7. The van der Waals surface area contributed by atoms with E-state index in [1.54, 1.807) is 25.1 Å². The van der Waals surface area contributed by atoms with Crippen LogP contribution >= 0.6 is 12.2 Å². The lowest BCUT2D eigenvalue weighted by atomic mass is 10.1. The molecule has 1 atom stereocenters. The Labute approximate surface area is 148 Å². The van der Waals surface area contributed by atoms with Gasteiger partial charge in [0.1, 0.15) is 0 Å². The maximum absolute atomic E-state index is 11.8. The van der Waals surface area contributed by atoms with Gasteiger partial charge in [0.2, 0.25) is 0 Å². The number of ether oxygens (including phenoxy) is 1. The fourth-order valence-electron chi connectivity index (χ4n) is 2.37. The molecule has 0 aliphatic rings. The quantitative estimate of drug-likeness (QED) is 0.605. The molecule has 126 valence electrons. The Morgan fingerprint density at radius 3 is 2.54 bits per heavy atom. The second kappa shape index (κ2) is 9.03. The number of hydrogen-bond donors (Lipinski definition) is 2. The summed E-state index contributed by atoms with van der Waals surface area (Å²) in [6.45, 7) is 4.24. The van der Waals surface area contributed by atoms with Crippen molar-refractivity contribution in [3.05, 3.63) is 65.7 Å². The maximum Gasteiger partial charge on any atom is 0.338 e. The molecule has 0 fully saturated rings. The molecule has 5 heteroatoms. The third-order valence-corrected chi connectivity index (χ3v) is 3.77. The normalized spacial score (nSPS) is 11.4. The van der Waals surface area contributed by atoms with Crippen LogP contribution in [0.1, 0.15) is 42.2 Å². The van der Waals surface area contributed by atoms with Crippen LogP contribution in [0.3, 0.4) is 0 Å². The minimum atomic E-state index is -0.337. The van der Waals surface area contributed by atoms with Gasteiger partial charge in [-0.25, -0.2) is 4.79 Å². The van der Waals surface area contributed by atoms with E-state index in [2.05, 4.69) is 29.7 Å². The van der Waals surface area contributed by atoms with Crippen LogP contribution in [0, 0.1) is 0 Å². The summed E-state index contributed by atoms with van der Waals surface area (Å²) < 4.78 is 5.01. The molecule has 2 N–H and O–H groups in total. The Bertz CT molecular complexity index is 689. The average Bonchev–Trinajstić information content (AvgIpc) is 2.61. The van der Waals surface area contributed by atoms with E-state index < -0.39 is 0 Å². The topological polar surface area (TPSA) is 50.4 Å². The molecule has 2 aromatic rings. The molecule has 2 aromatic carbocycles. The smallest absolute Gasteiger partial charge is 0.338 e. The molecule has 0 spiro atoms. The van der Waals surface area contributed by atoms with Gasteiger partial charge in [0.15, 0.2) is 5.11 Å². The van der Waals surface area contributed by atoms with Crippen LogP contribution < -0.4 is 10.6 Å². The van der Waals surface area contributed by atoms with Gasteiger partial charge >= 0.3 is 5.97 Å². The van der Waals surface area contributed by atoms with E-state index in [1.165, 1.54) is 5.56 Å². The Morgan fingerprint density at radius 2 is 1.88 bits per heavy atom. The van der Waals surface area contributed by atoms with Gasteiger partial charge in [-0.15, -0.1) is 0 Å². The number of anilines is 1. The lowest BCUT2D eigenvalue weighted by molar-refractivity contribution is 0.0526. The summed E-state index contributed by atoms with van der Waals surface area (Å²) in [7, 11) is 0. The maximum atomic E-state index is 11.8. The van der Waals surface area contributed by atoms with E-state index in [0.717, 1.165) is 12.1 Å². The second-order valence-electron chi connectivity index (χ2n) is 5.27. The second-order valence-corrected chi connectivity index (χ2v) is 5.68. The summed E-state index contributed by atoms with van der Waals surface area (Å²) in [4.78, 5) is 11.8. The van der Waals surface area contributed by atoms with Gasteiger partial charge in [0.25, 0.3) is 0 Å². The van der Waals surface area contributed by atoms with E-state index in [4.69, 9.17) is 17.0 Å². The van der Waals surface area contributed by atoms with Crippen molar-refractivity contribution in [1.82, 2.24) is 5.32 Å². The Hall–Kier alpha value is -2.40. The summed E-state index contributed by atoms with van der Waals surface area (Å²) in [5, 5.41) is 6.96. The van der Waals surface area contributed by atoms with Crippen LogP contribution in [-0.2, 0) is 4.74 Å². The Morgan fingerprint density at radius 1 is 1.12 bits per heavy atom. The lowest BCUT2D eigenvalue weighted by Crippen LogP contribution is -2.32. The summed E-state index contributed by atoms with van der Waals surface area (Å²) in [5.74, 6) is -0.337. The van der Waals surface area contributed by atoms with E-state index in [-0.39, 0.29) is 12.0 Å². The first-order valence-corrected chi connectivity index (χ1v) is 8.44. The van der Waals surface area contributed by atoms with Crippen LogP contribution in [0.4, 0.5) is 5.69 Å². The molecule has 0 heterocycles. The predicted molar refractivity (Wildman–Crippen MR) is 101 cm³/mol. The van der Waals surface area contributed by atoms with Crippen LogP contribution in [0.15, 0.2) is 54.6 Å². The minimum absolute atomic E-state index is 0.138. The fraction of sp³-hybridized carbons (Fsp3) is 0.263. The van der Waals surface area contributed by atoms with Gasteiger partial charge in [0, 0.05) is 5.69 Å². The fourth-order valence-corrected chi connectivity index (χ4v) is 2.63. The number of rotatable bonds is 6. The molecule has 0 aliphatic heterocycles. The summed E-state index contributed by atoms with van der Waals surface area (Å²) in [5.41, 5.74) is 2.44. The molecule has 0 bridgehead atoms.